The van der Waals surface area contributed by atoms with Crippen LogP contribution in [0.3, 0.4) is 0 Å². The summed E-state index contributed by atoms with van der Waals surface area (Å²) in [5.74, 6) is -0.971. The highest BCUT2D eigenvalue weighted by Crippen LogP contribution is 2.25. The fourth-order valence-electron chi connectivity index (χ4n) is 2.94. The first-order chi connectivity index (χ1) is 14.6. The van der Waals surface area contributed by atoms with Crippen molar-refractivity contribution in [2.24, 2.45) is 0 Å². The van der Waals surface area contributed by atoms with E-state index in [0.29, 0.717) is 22.5 Å². The third-order valence-electron chi connectivity index (χ3n) is 4.45. The van der Waals surface area contributed by atoms with Crippen LogP contribution < -0.4 is 5.32 Å². The van der Waals surface area contributed by atoms with Gasteiger partial charge in [-0.1, -0.05) is 18.2 Å². The maximum Gasteiger partial charge on any atom is 0.191 e. The molecule has 1 N–H and O–H groups in total. The first-order valence-corrected chi connectivity index (χ1v) is 9.24. The molecule has 0 spiro atoms. The van der Waals surface area contributed by atoms with Crippen LogP contribution in [0, 0.1) is 11.6 Å². The van der Waals surface area contributed by atoms with Crippen molar-refractivity contribution in [3.63, 3.8) is 0 Å². The molecule has 4 nitrogen and oxygen atoms in total. The molecule has 0 aliphatic rings. The number of ketones is 1. The summed E-state index contributed by atoms with van der Waals surface area (Å²) < 4.78 is 28.0. The van der Waals surface area contributed by atoms with E-state index in [9.17, 15) is 13.6 Å². The lowest BCUT2D eigenvalue weighted by Gasteiger charge is -2.01. The molecule has 4 rings (SSSR count). The molecule has 0 amide bonds. The second-order valence-corrected chi connectivity index (χ2v) is 6.53. The van der Waals surface area contributed by atoms with E-state index in [1.165, 1.54) is 36.5 Å². The van der Waals surface area contributed by atoms with Crippen LogP contribution in [0.1, 0.15) is 10.4 Å². The molecule has 0 radical (unpaired) electrons. The highest BCUT2D eigenvalue weighted by atomic mass is 19.1. The minimum atomic E-state index is -0.363. The Balaban J connectivity index is 1.65. The third kappa shape index (κ3) is 4.33. The number of aromatic nitrogens is 2. The van der Waals surface area contributed by atoms with Gasteiger partial charge in [-0.3, -0.25) is 4.79 Å². The van der Waals surface area contributed by atoms with Crippen molar-refractivity contribution in [2.75, 3.05) is 5.32 Å². The largest absolute Gasteiger partial charge is 0.362 e. The number of carbonyl (C=O) groups excluding carboxylic acids is 1. The van der Waals surface area contributed by atoms with Gasteiger partial charge in [-0.2, -0.15) is 5.10 Å². The normalized spacial score (nSPS) is 11.0. The number of carbonyl (C=O) groups is 1. The SMILES string of the molecule is O=C(/C=C\Nc1ccc(F)cc1)c1cn(-c2ccccc2)nc1-c1ccc(F)cc1. The zero-order valence-electron chi connectivity index (χ0n) is 15.8. The zero-order chi connectivity index (χ0) is 20.9. The Kier molecular flexibility index (Phi) is 5.48. The van der Waals surface area contributed by atoms with Crippen LogP contribution in [0.4, 0.5) is 14.5 Å². The highest BCUT2D eigenvalue weighted by molar-refractivity contribution is 6.08. The van der Waals surface area contributed by atoms with Crippen LogP contribution in [-0.2, 0) is 0 Å². The molecule has 3 aromatic carbocycles. The van der Waals surface area contributed by atoms with Gasteiger partial charge >= 0.3 is 0 Å². The van der Waals surface area contributed by atoms with Crippen LogP contribution >= 0.6 is 0 Å². The lowest BCUT2D eigenvalue weighted by Crippen LogP contribution is -1.97. The molecule has 0 unspecified atom stereocenters. The van der Waals surface area contributed by atoms with Crippen LogP contribution in [0.25, 0.3) is 16.9 Å². The summed E-state index contributed by atoms with van der Waals surface area (Å²) >= 11 is 0. The van der Waals surface area contributed by atoms with Gasteiger partial charge in [0.2, 0.25) is 0 Å². The van der Waals surface area contributed by atoms with E-state index >= 15 is 0 Å². The second-order valence-electron chi connectivity index (χ2n) is 6.53. The highest BCUT2D eigenvalue weighted by Gasteiger charge is 2.17. The molecule has 4 aromatic rings. The van der Waals surface area contributed by atoms with E-state index in [1.54, 1.807) is 35.1 Å². The number of hydrogen-bond donors (Lipinski definition) is 1. The minimum absolute atomic E-state index is 0.272. The second kappa shape index (κ2) is 8.53. The molecule has 0 saturated carbocycles. The molecule has 6 heteroatoms. The van der Waals surface area contributed by atoms with E-state index in [0.717, 1.165) is 5.69 Å². The zero-order valence-corrected chi connectivity index (χ0v) is 15.8. The fraction of sp³-hybridized carbons (Fsp3) is 0. The topological polar surface area (TPSA) is 46.9 Å². The third-order valence-corrected chi connectivity index (χ3v) is 4.45. The number of benzene rings is 3. The molecule has 0 bridgehead atoms. The number of para-hydroxylation sites is 1. The van der Waals surface area contributed by atoms with Gasteiger partial charge < -0.3 is 5.32 Å². The van der Waals surface area contributed by atoms with Gasteiger partial charge in [0.05, 0.1) is 11.3 Å². The summed E-state index contributed by atoms with van der Waals surface area (Å²) in [4.78, 5) is 12.9. The summed E-state index contributed by atoms with van der Waals surface area (Å²) in [6, 6.07) is 21.0. The fourth-order valence-corrected chi connectivity index (χ4v) is 2.94. The van der Waals surface area contributed by atoms with Gasteiger partial charge in [-0.05, 0) is 60.7 Å². The number of anilines is 1. The standard InChI is InChI=1S/C24H17F2N3O/c25-18-8-6-17(7-9-18)24-22(16-29(28-24)21-4-2-1-3-5-21)23(30)14-15-27-20-12-10-19(26)11-13-20/h1-16,27H/b15-14-. The maximum atomic E-state index is 13.3. The molecule has 148 valence electrons. The average molecular weight is 401 g/mol. The average Bonchev–Trinajstić information content (AvgIpc) is 3.22. The Morgan fingerprint density at radius 3 is 2.17 bits per heavy atom. The predicted octanol–water partition coefficient (Wildman–Crippen LogP) is 5.63. The molecule has 0 aliphatic carbocycles. The molecule has 0 aliphatic heterocycles. The van der Waals surface area contributed by atoms with E-state index in [4.69, 9.17) is 0 Å². The molecular weight excluding hydrogens is 384 g/mol. The van der Waals surface area contributed by atoms with Crippen LogP contribution in [-0.4, -0.2) is 15.6 Å². The number of halogens is 2. The molecule has 0 atom stereocenters. The Bertz CT molecular complexity index is 1180. The molecule has 0 fully saturated rings. The Morgan fingerprint density at radius 2 is 1.50 bits per heavy atom. The molecule has 30 heavy (non-hydrogen) atoms. The quantitative estimate of drug-likeness (QED) is 0.337. The Morgan fingerprint density at radius 1 is 0.867 bits per heavy atom. The summed E-state index contributed by atoms with van der Waals surface area (Å²) in [6.45, 7) is 0. The van der Waals surface area contributed by atoms with E-state index < -0.39 is 0 Å². The van der Waals surface area contributed by atoms with Crippen molar-refractivity contribution in [2.45, 2.75) is 0 Å². The van der Waals surface area contributed by atoms with Gasteiger partial charge in [-0.25, -0.2) is 13.5 Å². The van der Waals surface area contributed by atoms with Gasteiger partial charge in [0.15, 0.2) is 5.78 Å². The van der Waals surface area contributed by atoms with Crippen LogP contribution in [0.15, 0.2) is 97.3 Å². The predicted molar refractivity (Wildman–Crippen MR) is 112 cm³/mol. The van der Waals surface area contributed by atoms with Crippen LogP contribution in [0.2, 0.25) is 0 Å². The molecular formula is C24H17F2N3O. The van der Waals surface area contributed by atoms with Crippen molar-refractivity contribution in [1.29, 1.82) is 0 Å². The van der Waals surface area contributed by atoms with E-state index in [1.807, 2.05) is 30.3 Å². The van der Waals surface area contributed by atoms with E-state index in [-0.39, 0.29) is 17.4 Å². The smallest absolute Gasteiger partial charge is 0.191 e. The summed E-state index contributed by atoms with van der Waals surface area (Å²) in [6.07, 6.45) is 4.52. The summed E-state index contributed by atoms with van der Waals surface area (Å²) in [7, 11) is 0. The van der Waals surface area contributed by atoms with Gasteiger partial charge in [0, 0.05) is 29.7 Å². The van der Waals surface area contributed by atoms with Crippen molar-refractivity contribution in [3.8, 4) is 16.9 Å². The number of nitrogens with one attached hydrogen (secondary N) is 1. The summed E-state index contributed by atoms with van der Waals surface area (Å²) in [5.41, 5.74) is 2.92. The Hall–Kier alpha value is -4.06. The number of rotatable bonds is 6. The lowest BCUT2D eigenvalue weighted by atomic mass is 10.1. The Labute approximate surface area is 172 Å². The molecule has 1 aromatic heterocycles. The maximum absolute atomic E-state index is 13.3. The first-order valence-electron chi connectivity index (χ1n) is 9.24. The first kappa shape index (κ1) is 19.3. The number of nitrogens with zero attached hydrogens (tertiary/aromatic N) is 2. The molecule has 0 saturated heterocycles. The van der Waals surface area contributed by atoms with Gasteiger partial charge in [0.1, 0.15) is 17.3 Å². The van der Waals surface area contributed by atoms with Gasteiger partial charge in [-0.15, -0.1) is 0 Å². The number of hydrogen-bond acceptors (Lipinski definition) is 3. The van der Waals surface area contributed by atoms with Crippen LogP contribution in [0.5, 0.6) is 0 Å². The summed E-state index contributed by atoms with van der Waals surface area (Å²) in [5, 5.41) is 7.49. The molecule has 1 heterocycles. The van der Waals surface area contributed by atoms with Crippen molar-refractivity contribution in [3.05, 3.63) is 115 Å². The van der Waals surface area contributed by atoms with Crippen molar-refractivity contribution >= 4 is 11.5 Å². The monoisotopic (exact) mass is 401 g/mol. The number of allylic oxidation sites excluding steroid dienone is 1. The van der Waals surface area contributed by atoms with Crippen molar-refractivity contribution < 1.29 is 13.6 Å². The minimum Gasteiger partial charge on any atom is -0.362 e. The van der Waals surface area contributed by atoms with Crippen molar-refractivity contribution in [1.82, 2.24) is 9.78 Å². The lowest BCUT2D eigenvalue weighted by molar-refractivity contribution is 0.104. The van der Waals surface area contributed by atoms with E-state index in [2.05, 4.69) is 10.4 Å². The van der Waals surface area contributed by atoms with Gasteiger partial charge in [0.25, 0.3) is 0 Å².